The van der Waals surface area contributed by atoms with Crippen molar-refractivity contribution in [3.05, 3.63) is 49.6 Å². The Morgan fingerprint density at radius 3 is 1.32 bits per heavy atom. The third-order valence-electron chi connectivity index (χ3n) is 1.14. The molecule has 0 aromatic carbocycles. The molecule has 0 aliphatic rings. The normalized spacial score (nSPS) is 7.89. The maximum atomic E-state index is 10.2. The van der Waals surface area contributed by atoms with E-state index in [1.165, 1.54) is 50.7 Å². The SMILES string of the molecule is C=CC=CC(=O)OC.C=CC=CC(=O)OC.[C]=O.[Ru]. The molecule has 0 N–H and O–H groups in total. The van der Waals surface area contributed by atoms with Crippen molar-refractivity contribution in [1.29, 1.82) is 0 Å². The fraction of sp³-hybridized carbons (Fsp3) is 0.154. The van der Waals surface area contributed by atoms with E-state index in [0.29, 0.717) is 0 Å². The molecule has 6 heteroatoms. The molecule has 0 spiro atoms. The summed E-state index contributed by atoms with van der Waals surface area (Å²) >= 11 is 0. The molecule has 19 heavy (non-hydrogen) atoms. The summed E-state index contributed by atoms with van der Waals surface area (Å²) in [5, 5.41) is 0. The van der Waals surface area contributed by atoms with E-state index in [0.717, 1.165) is 0 Å². The van der Waals surface area contributed by atoms with Crippen LogP contribution in [0.3, 0.4) is 0 Å². The monoisotopic (exact) mass is 354 g/mol. The van der Waals surface area contributed by atoms with Gasteiger partial charge in [-0.05, 0) is 0 Å². The minimum atomic E-state index is -0.357. The van der Waals surface area contributed by atoms with E-state index >= 15 is 0 Å². The minimum Gasteiger partial charge on any atom is -0.466 e. The molecule has 0 saturated carbocycles. The Kier molecular flexibility index (Phi) is 34.3. The summed E-state index contributed by atoms with van der Waals surface area (Å²) in [7, 11) is 2.66. The maximum absolute atomic E-state index is 10.2. The molecule has 0 bridgehead atoms. The third kappa shape index (κ3) is 31.4. The zero-order valence-electron chi connectivity index (χ0n) is 10.8. The molecule has 2 radical (unpaired) electrons. The number of esters is 2. The van der Waals surface area contributed by atoms with Gasteiger partial charge in [-0.25, -0.2) is 9.59 Å². The van der Waals surface area contributed by atoms with Crippen molar-refractivity contribution in [1.82, 2.24) is 0 Å². The Bertz CT molecular complexity index is 278. The second-order valence-electron chi connectivity index (χ2n) is 2.24. The van der Waals surface area contributed by atoms with E-state index in [-0.39, 0.29) is 31.4 Å². The van der Waals surface area contributed by atoms with Gasteiger partial charge in [0.25, 0.3) is 6.79 Å². The fourth-order valence-electron chi connectivity index (χ4n) is 0.429. The number of methoxy groups -OCH3 is 2. The molecule has 0 amide bonds. The van der Waals surface area contributed by atoms with Crippen LogP contribution in [-0.4, -0.2) is 32.9 Å². The summed E-state index contributed by atoms with van der Waals surface area (Å²) in [6.45, 7) is 11.2. The molecule has 0 aromatic rings. The van der Waals surface area contributed by atoms with Gasteiger partial charge in [-0.2, -0.15) is 0 Å². The Morgan fingerprint density at radius 2 is 1.16 bits per heavy atom. The van der Waals surface area contributed by atoms with Crippen molar-refractivity contribution >= 4 is 18.7 Å². The molecule has 0 heterocycles. The first kappa shape index (κ1) is 25.9. The number of carbonyl (C=O) groups excluding carboxylic acids is 3. The fourth-order valence-corrected chi connectivity index (χ4v) is 0.429. The molecular weight excluding hydrogens is 337 g/mol. The van der Waals surface area contributed by atoms with Crippen LogP contribution in [0, 0.1) is 0 Å². The molecule has 0 aromatic heterocycles. The van der Waals surface area contributed by atoms with Gasteiger partial charge in [-0.15, -0.1) is 0 Å². The molecule has 0 rings (SSSR count). The van der Waals surface area contributed by atoms with Crippen LogP contribution in [0.15, 0.2) is 49.6 Å². The standard InChI is InChI=1S/2C6H8O2.CO.Ru/c2*1-3-4-5-6(7)8-2;1-2;/h2*3-5H,1H2,2H3;;. The van der Waals surface area contributed by atoms with Gasteiger partial charge in [0.15, 0.2) is 0 Å². The van der Waals surface area contributed by atoms with E-state index in [9.17, 15) is 9.59 Å². The van der Waals surface area contributed by atoms with Crippen molar-refractivity contribution in [3.8, 4) is 0 Å². The van der Waals surface area contributed by atoms with Crippen molar-refractivity contribution in [2.75, 3.05) is 14.2 Å². The van der Waals surface area contributed by atoms with Gasteiger partial charge in [-0.1, -0.05) is 37.5 Å². The zero-order chi connectivity index (χ0) is 14.8. The summed E-state index contributed by atoms with van der Waals surface area (Å²) in [5.74, 6) is -0.713. The number of allylic oxidation sites excluding steroid dienone is 4. The van der Waals surface area contributed by atoms with Crippen molar-refractivity contribution in [3.63, 3.8) is 0 Å². The Morgan fingerprint density at radius 1 is 0.895 bits per heavy atom. The summed E-state index contributed by atoms with van der Waals surface area (Å²) in [5.41, 5.74) is 0. The van der Waals surface area contributed by atoms with Crippen molar-refractivity contribution < 1.29 is 43.3 Å². The molecule has 5 nitrogen and oxygen atoms in total. The Hall–Kier alpha value is -1.81. The topological polar surface area (TPSA) is 69.7 Å². The van der Waals surface area contributed by atoms with Crippen LogP contribution in [0.5, 0.6) is 0 Å². The molecule has 0 aliphatic heterocycles. The van der Waals surface area contributed by atoms with Gasteiger partial charge in [0.1, 0.15) is 0 Å². The summed E-state index contributed by atoms with van der Waals surface area (Å²) in [6, 6.07) is 0. The molecule has 0 saturated heterocycles. The summed E-state index contributed by atoms with van der Waals surface area (Å²) < 4.78 is 8.56. The molecule has 0 aliphatic carbocycles. The molecule has 0 unspecified atom stereocenters. The Balaban J connectivity index is -0.0000000999. The largest absolute Gasteiger partial charge is 0.466 e. The van der Waals surface area contributed by atoms with Crippen LogP contribution in [0.2, 0.25) is 0 Å². The minimum absolute atomic E-state index is 0. The first-order valence-corrected chi connectivity index (χ1v) is 4.56. The van der Waals surface area contributed by atoms with E-state index in [4.69, 9.17) is 4.79 Å². The predicted molar refractivity (Wildman–Crippen MR) is 68.4 cm³/mol. The van der Waals surface area contributed by atoms with Gasteiger partial charge in [0.05, 0.1) is 14.2 Å². The quantitative estimate of drug-likeness (QED) is 0.331. The average molecular weight is 353 g/mol. The van der Waals surface area contributed by atoms with Crippen LogP contribution in [0.25, 0.3) is 0 Å². The first-order chi connectivity index (χ1) is 8.62. The second-order valence-corrected chi connectivity index (χ2v) is 2.24. The molecule has 106 valence electrons. The van der Waals surface area contributed by atoms with Gasteiger partial charge >= 0.3 is 11.9 Å². The van der Waals surface area contributed by atoms with Crippen LogP contribution >= 0.6 is 0 Å². The predicted octanol–water partition coefficient (Wildman–Crippen LogP) is 1.40. The summed E-state index contributed by atoms with van der Waals surface area (Å²) in [4.78, 5) is 27.9. The van der Waals surface area contributed by atoms with Crippen molar-refractivity contribution in [2.45, 2.75) is 0 Å². The van der Waals surface area contributed by atoms with Crippen LogP contribution < -0.4 is 0 Å². The number of hydrogen-bond acceptors (Lipinski definition) is 5. The second kappa shape index (κ2) is 25.1. The maximum Gasteiger partial charge on any atom is 0.330 e. The van der Waals surface area contributed by atoms with Gasteiger partial charge in [0.2, 0.25) is 0 Å². The summed E-state index contributed by atoms with van der Waals surface area (Å²) in [6.07, 6.45) is 8.66. The average Bonchev–Trinajstić information content (AvgIpc) is 2.44. The van der Waals surface area contributed by atoms with Crippen LogP contribution in [0.4, 0.5) is 0 Å². The molecule has 0 fully saturated rings. The van der Waals surface area contributed by atoms with Crippen molar-refractivity contribution in [2.24, 2.45) is 0 Å². The third-order valence-corrected chi connectivity index (χ3v) is 1.14. The van der Waals surface area contributed by atoms with E-state index in [2.05, 4.69) is 29.4 Å². The van der Waals surface area contributed by atoms with Gasteiger partial charge in [-0.3, -0.25) is 4.79 Å². The number of ether oxygens (including phenoxy) is 2. The Labute approximate surface area is 126 Å². The molecule has 0 atom stereocenters. The van der Waals surface area contributed by atoms with Gasteiger partial charge in [0, 0.05) is 31.6 Å². The van der Waals surface area contributed by atoms with Crippen LogP contribution in [-0.2, 0) is 43.3 Å². The molecular formula is C13H16O5Ru. The zero-order valence-corrected chi connectivity index (χ0v) is 12.5. The van der Waals surface area contributed by atoms with E-state index in [1.54, 1.807) is 0 Å². The van der Waals surface area contributed by atoms with E-state index < -0.39 is 0 Å². The number of carbonyl (C=O) groups is 2. The smallest absolute Gasteiger partial charge is 0.330 e. The van der Waals surface area contributed by atoms with Crippen LogP contribution in [0.1, 0.15) is 0 Å². The van der Waals surface area contributed by atoms with Gasteiger partial charge < -0.3 is 9.47 Å². The number of rotatable bonds is 4. The van der Waals surface area contributed by atoms with E-state index in [1.807, 2.05) is 0 Å². The first-order valence-electron chi connectivity index (χ1n) is 4.56. The number of hydrogen-bond donors (Lipinski definition) is 0.